The van der Waals surface area contributed by atoms with Crippen molar-refractivity contribution >= 4 is 50.5 Å². The molecule has 0 unspecified atom stereocenters. The Hall–Kier alpha value is -2.61. The Morgan fingerprint density at radius 1 is 1.03 bits per heavy atom. The first kappa shape index (κ1) is 23.1. The largest absolute Gasteiger partial charge is 0.322 e. The second kappa shape index (κ2) is 9.26. The Labute approximate surface area is 190 Å². The molecule has 0 bridgehead atoms. The zero-order valence-corrected chi connectivity index (χ0v) is 19.0. The van der Waals surface area contributed by atoms with E-state index in [2.05, 4.69) is 5.32 Å². The van der Waals surface area contributed by atoms with Crippen molar-refractivity contribution in [2.75, 3.05) is 16.2 Å². The fourth-order valence-corrected chi connectivity index (χ4v) is 4.87. The van der Waals surface area contributed by atoms with E-state index < -0.39 is 26.6 Å². The van der Waals surface area contributed by atoms with Crippen LogP contribution in [0.2, 0.25) is 10.0 Å². The number of amides is 1. The van der Waals surface area contributed by atoms with E-state index in [1.807, 2.05) is 13.0 Å². The van der Waals surface area contributed by atoms with E-state index in [4.69, 9.17) is 23.2 Å². The number of hydrogen-bond donors (Lipinski definition) is 1. The number of carbonyl (C=O) groups is 1. The number of carbonyl (C=O) groups excluding carboxylic acids is 1. The number of benzene rings is 3. The fourth-order valence-electron chi connectivity index (χ4n) is 3.01. The highest BCUT2D eigenvalue weighted by Crippen LogP contribution is 2.28. The summed E-state index contributed by atoms with van der Waals surface area (Å²) < 4.78 is 42.1. The average molecular weight is 481 g/mol. The van der Waals surface area contributed by atoms with Gasteiger partial charge in [0.25, 0.3) is 15.9 Å². The molecule has 0 heterocycles. The van der Waals surface area contributed by atoms with Crippen LogP contribution in [0.5, 0.6) is 0 Å². The molecule has 31 heavy (non-hydrogen) atoms. The van der Waals surface area contributed by atoms with Crippen LogP contribution in [0.4, 0.5) is 15.8 Å². The molecule has 0 fully saturated rings. The van der Waals surface area contributed by atoms with Gasteiger partial charge in [-0.2, -0.15) is 0 Å². The lowest BCUT2D eigenvalue weighted by Gasteiger charge is -2.23. The number of hydrogen-bond acceptors (Lipinski definition) is 3. The standard InChI is InChI=1S/C22H19Cl2FN2O3S/c1-3-27(17-6-4-5-14(2)11-17)31(29,30)21-12-15(7-10-20(21)25)22(28)26-16-8-9-18(23)19(24)13-16/h4-13H,3H2,1-2H3,(H,26,28). The predicted octanol–water partition coefficient (Wildman–Crippen LogP) is 5.91. The molecule has 0 aliphatic carbocycles. The maximum Gasteiger partial charge on any atom is 0.267 e. The molecule has 3 aromatic carbocycles. The van der Waals surface area contributed by atoms with E-state index in [0.717, 1.165) is 22.0 Å². The third-order valence-electron chi connectivity index (χ3n) is 4.52. The first-order valence-electron chi connectivity index (χ1n) is 9.29. The van der Waals surface area contributed by atoms with Gasteiger partial charge in [0, 0.05) is 17.8 Å². The van der Waals surface area contributed by atoms with Crippen LogP contribution in [0, 0.1) is 12.7 Å². The van der Waals surface area contributed by atoms with Crippen molar-refractivity contribution < 1.29 is 17.6 Å². The van der Waals surface area contributed by atoms with Crippen molar-refractivity contribution in [2.45, 2.75) is 18.7 Å². The summed E-state index contributed by atoms with van der Waals surface area (Å²) in [7, 11) is -4.25. The third-order valence-corrected chi connectivity index (χ3v) is 7.17. The summed E-state index contributed by atoms with van der Waals surface area (Å²) in [4.78, 5) is 12.1. The lowest BCUT2D eigenvalue weighted by Crippen LogP contribution is -2.31. The highest BCUT2D eigenvalue weighted by molar-refractivity contribution is 7.92. The van der Waals surface area contributed by atoms with Gasteiger partial charge in [-0.3, -0.25) is 9.10 Å². The zero-order valence-electron chi connectivity index (χ0n) is 16.7. The minimum Gasteiger partial charge on any atom is -0.322 e. The van der Waals surface area contributed by atoms with Crippen molar-refractivity contribution in [1.29, 1.82) is 0 Å². The van der Waals surface area contributed by atoms with Gasteiger partial charge < -0.3 is 5.32 Å². The predicted molar refractivity (Wildman–Crippen MR) is 122 cm³/mol. The van der Waals surface area contributed by atoms with Gasteiger partial charge in [-0.1, -0.05) is 35.3 Å². The van der Waals surface area contributed by atoms with Crippen molar-refractivity contribution in [2.24, 2.45) is 0 Å². The van der Waals surface area contributed by atoms with Crippen LogP contribution in [0.1, 0.15) is 22.8 Å². The van der Waals surface area contributed by atoms with E-state index in [9.17, 15) is 17.6 Å². The number of halogens is 3. The van der Waals surface area contributed by atoms with Gasteiger partial charge in [0.15, 0.2) is 0 Å². The number of aryl methyl sites for hydroxylation is 1. The zero-order chi connectivity index (χ0) is 22.8. The first-order valence-corrected chi connectivity index (χ1v) is 11.5. The minimum atomic E-state index is -4.25. The summed E-state index contributed by atoms with van der Waals surface area (Å²) in [6.07, 6.45) is 0. The molecule has 1 N–H and O–H groups in total. The molecule has 1 amide bonds. The Bertz CT molecular complexity index is 1250. The first-order chi connectivity index (χ1) is 14.6. The van der Waals surface area contributed by atoms with Gasteiger partial charge >= 0.3 is 0 Å². The fraction of sp³-hybridized carbons (Fsp3) is 0.136. The molecule has 0 aromatic heterocycles. The average Bonchev–Trinajstić information content (AvgIpc) is 2.71. The highest BCUT2D eigenvalue weighted by Gasteiger charge is 2.28. The second-order valence-electron chi connectivity index (χ2n) is 6.74. The van der Waals surface area contributed by atoms with E-state index in [0.29, 0.717) is 16.4 Å². The molecular formula is C22H19Cl2FN2O3S. The maximum atomic E-state index is 14.6. The summed E-state index contributed by atoms with van der Waals surface area (Å²) in [5.41, 5.74) is 1.61. The molecule has 0 saturated heterocycles. The molecule has 5 nitrogen and oxygen atoms in total. The SMILES string of the molecule is CCN(c1cccc(C)c1)S(=O)(=O)c1cc(C(=O)Nc2ccc(Cl)c(Cl)c2)ccc1F. The second-order valence-corrected chi connectivity index (χ2v) is 9.38. The molecule has 0 spiro atoms. The Balaban J connectivity index is 1.97. The van der Waals surface area contributed by atoms with Crippen LogP contribution < -0.4 is 9.62 Å². The molecule has 3 rings (SSSR count). The summed E-state index contributed by atoms with van der Waals surface area (Å²) in [6.45, 7) is 3.57. The van der Waals surface area contributed by atoms with Crippen LogP contribution in [0.3, 0.4) is 0 Å². The number of anilines is 2. The van der Waals surface area contributed by atoms with E-state index in [-0.39, 0.29) is 17.1 Å². The van der Waals surface area contributed by atoms with E-state index in [1.165, 1.54) is 18.2 Å². The van der Waals surface area contributed by atoms with Crippen LogP contribution >= 0.6 is 23.2 Å². The number of nitrogens with zero attached hydrogens (tertiary/aromatic N) is 1. The van der Waals surface area contributed by atoms with Crippen LogP contribution in [0.15, 0.2) is 65.6 Å². The van der Waals surface area contributed by atoms with Gasteiger partial charge in [-0.05, 0) is 67.9 Å². The molecule has 9 heteroatoms. The monoisotopic (exact) mass is 480 g/mol. The van der Waals surface area contributed by atoms with Crippen molar-refractivity contribution in [3.8, 4) is 0 Å². The Kier molecular flexibility index (Phi) is 6.89. The molecule has 0 aliphatic rings. The number of rotatable bonds is 6. The van der Waals surface area contributed by atoms with Gasteiger partial charge in [0.1, 0.15) is 10.7 Å². The topological polar surface area (TPSA) is 66.5 Å². The lowest BCUT2D eigenvalue weighted by molar-refractivity contribution is 0.102. The molecular weight excluding hydrogens is 462 g/mol. The van der Waals surface area contributed by atoms with Crippen molar-refractivity contribution in [3.63, 3.8) is 0 Å². The lowest BCUT2D eigenvalue weighted by atomic mass is 10.2. The van der Waals surface area contributed by atoms with Crippen molar-refractivity contribution in [1.82, 2.24) is 0 Å². The summed E-state index contributed by atoms with van der Waals surface area (Å²) in [5.74, 6) is -1.56. The molecule has 0 saturated carbocycles. The van der Waals surface area contributed by atoms with Crippen LogP contribution in [-0.2, 0) is 10.0 Å². The van der Waals surface area contributed by atoms with E-state index >= 15 is 0 Å². The maximum absolute atomic E-state index is 14.6. The van der Waals surface area contributed by atoms with E-state index in [1.54, 1.807) is 31.2 Å². The summed E-state index contributed by atoms with van der Waals surface area (Å²) >= 11 is 11.8. The van der Waals surface area contributed by atoms with Gasteiger partial charge in [0.05, 0.1) is 15.7 Å². The minimum absolute atomic E-state index is 0.0219. The molecule has 0 atom stereocenters. The van der Waals surface area contributed by atoms with Crippen LogP contribution in [0.25, 0.3) is 0 Å². The number of nitrogens with one attached hydrogen (secondary N) is 1. The molecule has 0 aliphatic heterocycles. The van der Waals surface area contributed by atoms with Gasteiger partial charge in [-0.15, -0.1) is 0 Å². The molecule has 3 aromatic rings. The van der Waals surface area contributed by atoms with Gasteiger partial charge in [-0.25, -0.2) is 12.8 Å². The summed E-state index contributed by atoms with van der Waals surface area (Å²) in [6, 6.07) is 14.6. The smallest absolute Gasteiger partial charge is 0.267 e. The Morgan fingerprint density at radius 3 is 2.42 bits per heavy atom. The third kappa shape index (κ3) is 5.01. The van der Waals surface area contributed by atoms with Gasteiger partial charge in [0.2, 0.25) is 0 Å². The Morgan fingerprint density at radius 2 is 1.77 bits per heavy atom. The normalized spacial score (nSPS) is 11.3. The highest BCUT2D eigenvalue weighted by atomic mass is 35.5. The molecule has 162 valence electrons. The molecule has 0 radical (unpaired) electrons. The van der Waals surface area contributed by atoms with Crippen LogP contribution in [-0.4, -0.2) is 20.9 Å². The number of sulfonamides is 1. The summed E-state index contributed by atoms with van der Waals surface area (Å²) in [5, 5.41) is 3.17. The quantitative estimate of drug-likeness (QED) is 0.476. The van der Waals surface area contributed by atoms with Crippen molar-refractivity contribution in [3.05, 3.63) is 87.7 Å².